The van der Waals surface area contributed by atoms with Crippen LogP contribution in [0.2, 0.25) is 0 Å². The summed E-state index contributed by atoms with van der Waals surface area (Å²) in [4.78, 5) is 2.22. The number of para-hydroxylation sites is 1. The number of hydrogen-bond acceptors (Lipinski definition) is 1. The monoisotopic (exact) mass is 429 g/mol. The number of hydrogen-bond donors (Lipinski definition) is 0. The van der Waals surface area contributed by atoms with E-state index in [1.54, 1.807) is 0 Å². The molecule has 0 spiro atoms. The minimum Gasteiger partial charge on any atom is -0.365 e. The van der Waals surface area contributed by atoms with Gasteiger partial charge in [0.2, 0.25) is 11.2 Å². The zero-order valence-electron chi connectivity index (χ0n) is 14.1. The largest absolute Gasteiger partial charge is 0.365 e. The predicted octanol–water partition coefficient (Wildman–Crippen LogP) is 5.15. The van der Waals surface area contributed by atoms with E-state index >= 15 is 0 Å². The first-order valence-electron chi connectivity index (χ1n) is 8.19. The molecule has 1 aromatic heterocycles. The second kappa shape index (κ2) is 7.79. The van der Waals surface area contributed by atoms with Crippen LogP contribution in [0.4, 0.5) is 5.69 Å². The zero-order chi connectivity index (χ0) is 16.9. The summed E-state index contributed by atoms with van der Waals surface area (Å²) >= 11 is 2.37. The van der Waals surface area contributed by atoms with Crippen LogP contribution in [0.25, 0.3) is 23.1 Å². The van der Waals surface area contributed by atoms with Crippen molar-refractivity contribution in [1.82, 2.24) is 0 Å². The Balaban J connectivity index is 1.90. The first-order valence-corrected chi connectivity index (χ1v) is 9.72. The van der Waals surface area contributed by atoms with Crippen molar-refractivity contribution in [2.45, 2.75) is 13.5 Å². The molecule has 122 valence electrons. The molecule has 0 saturated carbocycles. The van der Waals surface area contributed by atoms with Crippen LogP contribution in [0.5, 0.6) is 0 Å². The van der Waals surface area contributed by atoms with Crippen LogP contribution in [0.1, 0.15) is 18.2 Å². The van der Waals surface area contributed by atoms with Crippen LogP contribution in [0.3, 0.4) is 0 Å². The van der Waals surface area contributed by atoms with Crippen molar-refractivity contribution in [2.24, 2.45) is 0 Å². The zero-order valence-corrected chi connectivity index (χ0v) is 16.3. The second-order valence-corrected chi connectivity index (χ2v) is 6.49. The molecule has 1 heterocycles. The van der Waals surface area contributed by atoms with E-state index in [2.05, 4.69) is 119 Å². The van der Waals surface area contributed by atoms with Crippen molar-refractivity contribution in [3.8, 4) is 0 Å². The highest BCUT2D eigenvalue weighted by Gasteiger charge is 2.10. The maximum Gasteiger partial charge on any atom is 0.212 e. The number of alkyl halides is 1. The minimum atomic E-state index is 0.959. The molecule has 0 atom stereocenters. The maximum absolute atomic E-state index is 2.37. The van der Waals surface area contributed by atoms with Crippen molar-refractivity contribution in [3.05, 3.63) is 71.9 Å². The molecule has 0 radical (unpaired) electrons. The van der Waals surface area contributed by atoms with Gasteiger partial charge >= 0.3 is 0 Å². The molecule has 0 aliphatic heterocycles. The number of nitrogens with zero attached hydrogens (tertiary/aromatic N) is 2. The highest BCUT2D eigenvalue weighted by molar-refractivity contribution is 14.1. The van der Waals surface area contributed by atoms with E-state index in [0.29, 0.717) is 0 Å². The quantitative estimate of drug-likeness (QED) is 0.236. The molecule has 2 aromatic carbocycles. The van der Waals surface area contributed by atoms with Gasteiger partial charge in [0.15, 0.2) is 0 Å². The van der Waals surface area contributed by atoms with Gasteiger partial charge < -0.3 is 4.90 Å². The van der Waals surface area contributed by atoms with Gasteiger partial charge in [-0.3, -0.25) is 0 Å². The van der Waals surface area contributed by atoms with Gasteiger partial charge in [0.25, 0.3) is 0 Å². The van der Waals surface area contributed by atoms with Crippen molar-refractivity contribution in [1.29, 1.82) is 0 Å². The number of pyridine rings is 1. The van der Waals surface area contributed by atoms with Gasteiger partial charge in [-0.1, -0.05) is 46.9 Å². The molecule has 0 N–H and O–H groups in total. The Morgan fingerprint density at radius 3 is 2.42 bits per heavy atom. The van der Waals surface area contributed by atoms with Gasteiger partial charge in [-0.15, -0.1) is 0 Å². The van der Waals surface area contributed by atoms with Crippen LogP contribution >= 0.6 is 22.6 Å². The van der Waals surface area contributed by atoms with Crippen molar-refractivity contribution in [2.75, 3.05) is 16.5 Å². The summed E-state index contributed by atoms with van der Waals surface area (Å²) in [6.07, 6.45) is 4.39. The number of benzene rings is 2. The van der Waals surface area contributed by atoms with E-state index in [0.717, 1.165) is 11.1 Å². The fourth-order valence-corrected chi connectivity index (χ4v) is 3.26. The van der Waals surface area contributed by atoms with E-state index in [1.165, 1.54) is 27.8 Å². The molecule has 3 heteroatoms. The molecule has 3 rings (SSSR count). The van der Waals surface area contributed by atoms with Gasteiger partial charge in [-0.05, 0) is 42.8 Å². The summed E-state index contributed by atoms with van der Waals surface area (Å²) in [6.45, 7) is 3.15. The maximum atomic E-state index is 2.37. The Bertz CT molecular complexity index is 853. The fraction of sp³-hybridized carbons (Fsp3) is 0.190. The van der Waals surface area contributed by atoms with Crippen LogP contribution in [0, 0.1) is 0 Å². The number of fused-ring (bicyclic) bond motifs is 1. The Morgan fingerprint density at radius 2 is 1.71 bits per heavy atom. The highest BCUT2D eigenvalue weighted by Crippen LogP contribution is 2.17. The SMILES string of the molecule is CC[n+]1c(/C=C\c2ccc(N(C)CI)cc2)ccc2ccccc21. The third-order valence-corrected chi connectivity index (χ3v) is 5.27. The molecule has 0 aliphatic rings. The van der Waals surface area contributed by atoms with Crippen LogP contribution in [-0.4, -0.2) is 11.6 Å². The van der Waals surface area contributed by atoms with Crippen molar-refractivity contribution >= 4 is 51.3 Å². The summed E-state index contributed by atoms with van der Waals surface area (Å²) in [5.41, 5.74) is 4.97. The summed E-state index contributed by atoms with van der Waals surface area (Å²) in [5, 5.41) is 1.28. The topological polar surface area (TPSA) is 7.12 Å². The van der Waals surface area contributed by atoms with Gasteiger partial charge in [-0.25, -0.2) is 0 Å². The van der Waals surface area contributed by atoms with Crippen molar-refractivity contribution < 1.29 is 4.57 Å². The standard InChI is InChI=1S/C21H22IN2/c1-3-24-20(15-11-18-6-4-5-7-21(18)24)14-10-17-8-12-19(13-9-17)23(2)16-22/h4-15H,3,16H2,1-2H3/q+1. The minimum absolute atomic E-state index is 0.959. The number of rotatable bonds is 5. The molecule has 0 fully saturated rings. The number of aryl methyl sites for hydroxylation is 1. The normalized spacial score (nSPS) is 11.3. The van der Waals surface area contributed by atoms with Gasteiger partial charge in [0, 0.05) is 36.3 Å². The average Bonchev–Trinajstić information content (AvgIpc) is 2.65. The fourth-order valence-electron chi connectivity index (χ4n) is 2.87. The number of halogens is 1. The Labute approximate surface area is 157 Å². The van der Waals surface area contributed by atoms with Gasteiger partial charge in [-0.2, -0.15) is 4.57 Å². The van der Waals surface area contributed by atoms with E-state index in [1.807, 2.05) is 0 Å². The lowest BCUT2D eigenvalue weighted by molar-refractivity contribution is -0.669. The molecule has 0 aliphatic carbocycles. The molecular weight excluding hydrogens is 407 g/mol. The summed E-state index contributed by atoms with van der Waals surface area (Å²) in [6, 6.07) is 21.6. The third kappa shape index (κ3) is 3.61. The van der Waals surface area contributed by atoms with Crippen molar-refractivity contribution in [3.63, 3.8) is 0 Å². The van der Waals surface area contributed by atoms with Gasteiger partial charge in [0.1, 0.15) is 6.54 Å². The lowest BCUT2D eigenvalue weighted by Crippen LogP contribution is -2.36. The van der Waals surface area contributed by atoms with Crippen LogP contribution in [-0.2, 0) is 6.54 Å². The molecule has 0 unspecified atom stereocenters. The Morgan fingerprint density at radius 1 is 0.958 bits per heavy atom. The lowest BCUT2D eigenvalue weighted by Gasteiger charge is -2.15. The second-order valence-electron chi connectivity index (χ2n) is 5.80. The molecule has 0 saturated heterocycles. The molecule has 3 aromatic rings. The number of anilines is 1. The molecule has 24 heavy (non-hydrogen) atoms. The average molecular weight is 429 g/mol. The first-order chi connectivity index (χ1) is 11.7. The third-order valence-electron chi connectivity index (χ3n) is 4.25. The molecular formula is C21H22IN2+. The molecule has 0 amide bonds. The Kier molecular flexibility index (Phi) is 5.51. The van der Waals surface area contributed by atoms with Crippen LogP contribution < -0.4 is 9.47 Å². The summed E-state index contributed by atoms with van der Waals surface area (Å²) in [5.74, 6) is 0. The van der Waals surface area contributed by atoms with E-state index in [9.17, 15) is 0 Å². The Hall–Kier alpha value is -1.88. The summed E-state index contributed by atoms with van der Waals surface area (Å²) in [7, 11) is 2.11. The van der Waals surface area contributed by atoms with Gasteiger partial charge in [0.05, 0.1) is 4.55 Å². The van der Waals surface area contributed by atoms with Crippen LogP contribution in [0.15, 0.2) is 60.7 Å². The smallest absolute Gasteiger partial charge is 0.212 e. The first kappa shape index (κ1) is 17.0. The van der Waals surface area contributed by atoms with E-state index < -0.39 is 0 Å². The summed E-state index contributed by atoms with van der Waals surface area (Å²) < 4.78 is 3.34. The predicted molar refractivity (Wildman–Crippen MR) is 112 cm³/mol. The lowest BCUT2D eigenvalue weighted by atomic mass is 10.1. The van der Waals surface area contributed by atoms with E-state index in [-0.39, 0.29) is 0 Å². The molecule has 0 bridgehead atoms. The van der Waals surface area contributed by atoms with E-state index in [4.69, 9.17) is 0 Å². The highest BCUT2D eigenvalue weighted by atomic mass is 127. The number of aromatic nitrogens is 1. The molecule has 2 nitrogen and oxygen atoms in total.